The van der Waals surface area contributed by atoms with Crippen molar-refractivity contribution in [2.75, 3.05) is 0 Å². The van der Waals surface area contributed by atoms with Crippen molar-refractivity contribution < 1.29 is 13.5 Å². The van der Waals surface area contributed by atoms with E-state index in [1.807, 2.05) is 0 Å². The average molecular weight is 292 g/mol. The monoisotopic (exact) mass is 290 g/mol. The Labute approximate surface area is 91.7 Å². The average Bonchev–Trinajstić information content (AvgIpc) is 2.06. The van der Waals surface area contributed by atoms with Crippen LogP contribution in [0.15, 0.2) is 16.6 Å². The summed E-state index contributed by atoms with van der Waals surface area (Å²) < 4.78 is 28.1. The molecule has 0 saturated carbocycles. The Bertz CT molecular complexity index is 320. The van der Waals surface area contributed by atoms with E-state index in [9.17, 15) is 8.78 Å². The molecule has 0 bridgehead atoms. The van der Waals surface area contributed by atoms with Crippen LogP contribution in [-0.2, 0) is 0 Å². The smallest absolute Gasteiger partial charge is 0.387 e. The molecule has 0 radical (unpaired) electrons. The summed E-state index contributed by atoms with van der Waals surface area (Å²) in [5, 5.41) is 0.374. The van der Waals surface area contributed by atoms with E-state index in [-0.39, 0.29) is 10.8 Å². The number of halogens is 5. The van der Waals surface area contributed by atoms with Gasteiger partial charge in [0.1, 0.15) is 5.75 Å². The van der Waals surface area contributed by atoms with E-state index in [2.05, 4.69) is 20.7 Å². The topological polar surface area (TPSA) is 9.23 Å². The molecule has 0 aromatic heterocycles. The Kier molecular flexibility index (Phi) is 3.76. The number of alkyl halides is 2. The fourth-order valence-electron chi connectivity index (χ4n) is 0.695. The van der Waals surface area contributed by atoms with Crippen LogP contribution < -0.4 is 4.74 Å². The number of benzene rings is 1. The molecule has 0 aliphatic heterocycles. The van der Waals surface area contributed by atoms with E-state index in [0.29, 0.717) is 9.50 Å². The molecule has 1 aromatic carbocycles. The molecule has 0 spiro atoms. The van der Waals surface area contributed by atoms with Gasteiger partial charge in [0, 0.05) is 0 Å². The Balaban J connectivity index is 3.04. The first-order valence-corrected chi connectivity index (χ1v) is 4.65. The molecular formula is C7H3BrCl2F2O. The Morgan fingerprint density at radius 3 is 2.46 bits per heavy atom. The van der Waals surface area contributed by atoms with Crippen molar-refractivity contribution >= 4 is 39.1 Å². The van der Waals surface area contributed by atoms with Gasteiger partial charge in [-0.05, 0) is 28.1 Å². The fourth-order valence-corrected chi connectivity index (χ4v) is 1.44. The highest BCUT2D eigenvalue weighted by atomic mass is 79.9. The lowest BCUT2D eigenvalue weighted by atomic mass is 10.3. The zero-order valence-corrected chi connectivity index (χ0v) is 9.13. The summed E-state index contributed by atoms with van der Waals surface area (Å²) >= 11 is 14.3. The summed E-state index contributed by atoms with van der Waals surface area (Å²) in [6, 6.07) is 2.69. The maximum absolute atomic E-state index is 11.8. The first-order valence-electron chi connectivity index (χ1n) is 3.10. The first-order chi connectivity index (χ1) is 6.02. The minimum atomic E-state index is -2.90. The lowest BCUT2D eigenvalue weighted by Crippen LogP contribution is -2.02. The van der Waals surface area contributed by atoms with Gasteiger partial charge in [-0.2, -0.15) is 8.78 Å². The molecule has 0 fully saturated rings. The highest BCUT2D eigenvalue weighted by Gasteiger charge is 2.12. The molecule has 0 atom stereocenters. The van der Waals surface area contributed by atoms with Gasteiger partial charge in [0.05, 0.1) is 14.5 Å². The van der Waals surface area contributed by atoms with Crippen LogP contribution >= 0.6 is 39.1 Å². The first kappa shape index (κ1) is 11.0. The Morgan fingerprint density at radius 1 is 1.31 bits per heavy atom. The SMILES string of the molecule is FC(F)Oc1ccc(Cl)c(Br)c1Cl. The quantitative estimate of drug-likeness (QED) is 0.736. The minimum absolute atomic E-state index is 0.0350. The standard InChI is InChI=1S/C7H3BrCl2F2O/c8-5-3(9)1-2-4(6(5)10)13-7(11)12/h1-2,7H. The van der Waals surface area contributed by atoms with Crippen molar-refractivity contribution in [3.63, 3.8) is 0 Å². The number of hydrogen-bond donors (Lipinski definition) is 0. The normalized spacial score (nSPS) is 10.6. The summed E-state index contributed by atoms with van der Waals surface area (Å²) in [4.78, 5) is 0. The molecule has 0 amide bonds. The van der Waals surface area contributed by atoms with Crippen molar-refractivity contribution in [1.29, 1.82) is 0 Å². The van der Waals surface area contributed by atoms with Crippen LogP contribution in [0.3, 0.4) is 0 Å². The number of hydrogen-bond acceptors (Lipinski definition) is 1. The van der Waals surface area contributed by atoms with Crippen LogP contribution in [0, 0.1) is 0 Å². The molecule has 0 unspecified atom stereocenters. The summed E-state index contributed by atoms with van der Waals surface area (Å²) in [7, 11) is 0. The summed E-state index contributed by atoms with van der Waals surface area (Å²) in [5.41, 5.74) is 0. The van der Waals surface area contributed by atoms with Gasteiger partial charge < -0.3 is 4.74 Å². The molecule has 1 aromatic rings. The summed E-state index contributed by atoms with van der Waals surface area (Å²) in [6.07, 6.45) is 0. The molecule has 0 saturated heterocycles. The number of rotatable bonds is 2. The lowest BCUT2D eigenvalue weighted by molar-refractivity contribution is -0.0498. The van der Waals surface area contributed by atoms with Crippen molar-refractivity contribution in [3.05, 3.63) is 26.7 Å². The molecule has 0 N–H and O–H groups in total. The van der Waals surface area contributed by atoms with Crippen molar-refractivity contribution in [2.45, 2.75) is 6.61 Å². The Morgan fingerprint density at radius 2 is 1.92 bits per heavy atom. The minimum Gasteiger partial charge on any atom is -0.433 e. The predicted octanol–water partition coefficient (Wildman–Crippen LogP) is 4.36. The second kappa shape index (κ2) is 4.44. The van der Waals surface area contributed by atoms with Gasteiger partial charge in [0.2, 0.25) is 0 Å². The molecule has 0 aliphatic carbocycles. The van der Waals surface area contributed by atoms with Crippen LogP contribution in [0.2, 0.25) is 10.0 Å². The van der Waals surface area contributed by atoms with Crippen molar-refractivity contribution in [1.82, 2.24) is 0 Å². The van der Waals surface area contributed by atoms with Crippen molar-refractivity contribution in [2.24, 2.45) is 0 Å². The van der Waals surface area contributed by atoms with Crippen LogP contribution in [-0.4, -0.2) is 6.61 Å². The Hall–Kier alpha value is -0.0600. The number of ether oxygens (including phenoxy) is 1. The van der Waals surface area contributed by atoms with Gasteiger partial charge in [0.15, 0.2) is 0 Å². The summed E-state index contributed by atoms with van der Waals surface area (Å²) in [5.74, 6) is -0.104. The third-order valence-electron chi connectivity index (χ3n) is 1.22. The van der Waals surface area contributed by atoms with Crippen LogP contribution in [0.4, 0.5) is 8.78 Å². The van der Waals surface area contributed by atoms with Gasteiger partial charge in [-0.25, -0.2) is 0 Å². The molecule has 1 nitrogen and oxygen atoms in total. The zero-order chi connectivity index (χ0) is 10.0. The molecule has 1 rings (SSSR count). The van der Waals surface area contributed by atoms with Gasteiger partial charge in [0.25, 0.3) is 0 Å². The zero-order valence-electron chi connectivity index (χ0n) is 6.03. The van der Waals surface area contributed by atoms with E-state index in [0.717, 1.165) is 0 Å². The largest absolute Gasteiger partial charge is 0.433 e. The van der Waals surface area contributed by atoms with Crippen molar-refractivity contribution in [3.8, 4) is 5.75 Å². The van der Waals surface area contributed by atoms with Crippen LogP contribution in [0.5, 0.6) is 5.75 Å². The lowest BCUT2D eigenvalue weighted by Gasteiger charge is -2.08. The molecule has 72 valence electrons. The molecular weight excluding hydrogens is 289 g/mol. The molecule has 0 heterocycles. The molecule has 6 heteroatoms. The van der Waals surface area contributed by atoms with E-state index >= 15 is 0 Å². The predicted molar refractivity (Wildman–Crippen MR) is 50.8 cm³/mol. The molecule has 13 heavy (non-hydrogen) atoms. The highest BCUT2D eigenvalue weighted by Crippen LogP contribution is 2.37. The maximum atomic E-state index is 11.8. The van der Waals surface area contributed by atoms with Gasteiger partial charge in [-0.3, -0.25) is 0 Å². The summed E-state index contributed by atoms with van der Waals surface area (Å²) in [6.45, 7) is -2.90. The van der Waals surface area contributed by atoms with Gasteiger partial charge >= 0.3 is 6.61 Å². The maximum Gasteiger partial charge on any atom is 0.387 e. The van der Waals surface area contributed by atoms with E-state index in [1.54, 1.807) is 0 Å². The fraction of sp³-hybridized carbons (Fsp3) is 0.143. The third-order valence-corrected chi connectivity index (χ3v) is 3.19. The van der Waals surface area contributed by atoms with E-state index in [1.165, 1.54) is 12.1 Å². The highest BCUT2D eigenvalue weighted by molar-refractivity contribution is 9.10. The van der Waals surface area contributed by atoms with E-state index in [4.69, 9.17) is 23.2 Å². The van der Waals surface area contributed by atoms with E-state index < -0.39 is 6.61 Å². The van der Waals surface area contributed by atoms with Crippen LogP contribution in [0.25, 0.3) is 0 Å². The second-order valence-corrected chi connectivity index (χ2v) is 3.63. The van der Waals surface area contributed by atoms with Crippen LogP contribution in [0.1, 0.15) is 0 Å². The second-order valence-electron chi connectivity index (χ2n) is 2.05. The molecule has 0 aliphatic rings. The third kappa shape index (κ3) is 2.69. The van der Waals surface area contributed by atoms with Gasteiger partial charge in [-0.15, -0.1) is 0 Å². The van der Waals surface area contributed by atoms with Gasteiger partial charge in [-0.1, -0.05) is 23.2 Å².